The molecular weight excluding hydrogens is 277 g/mol. The minimum Gasteiger partial charge on any atom is -0.342 e. The third-order valence-electron chi connectivity index (χ3n) is 3.40. The standard InChI is InChI=1S/C15H18FNO2S/c1-11(18)20-10-13-8-15(19)17(9-13)7-6-12-2-4-14(16)5-3-12/h2-5,13H,6-10H2,1H3. The second kappa shape index (κ2) is 6.88. The largest absolute Gasteiger partial charge is 0.342 e. The molecule has 0 radical (unpaired) electrons. The third kappa shape index (κ3) is 4.34. The van der Waals surface area contributed by atoms with Crippen LogP contribution in [0.5, 0.6) is 0 Å². The smallest absolute Gasteiger partial charge is 0.222 e. The maximum Gasteiger partial charge on any atom is 0.222 e. The Hall–Kier alpha value is -1.36. The fourth-order valence-electron chi connectivity index (χ4n) is 2.33. The van der Waals surface area contributed by atoms with Crippen molar-refractivity contribution in [1.82, 2.24) is 4.90 Å². The molecule has 1 saturated heterocycles. The average molecular weight is 295 g/mol. The Morgan fingerprint density at radius 2 is 2.10 bits per heavy atom. The molecule has 5 heteroatoms. The van der Waals surface area contributed by atoms with Crippen molar-refractivity contribution in [3.05, 3.63) is 35.6 Å². The number of thioether (sulfide) groups is 1. The van der Waals surface area contributed by atoms with Crippen molar-refractivity contribution >= 4 is 22.8 Å². The van der Waals surface area contributed by atoms with Crippen LogP contribution in [0.4, 0.5) is 4.39 Å². The highest BCUT2D eigenvalue weighted by atomic mass is 32.2. The minimum absolute atomic E-state index is 0.0993. The Balaban J connectivity index is 1.80. The van der Waals surface area contributed by atoms with Gasteiger partial charge >= 0.3 is 0 Å². The van der Waals surface area contributed by atoms with E-state index < -0.39 is 0 Å². The summed E-state index contributed by atoms with van der Waals surface area (Å²) in [5.41, 5.74) is 1.03. The molecule has 108 valence electrons. The van der Waals surface area contributed by atoms with Crippen LogP contribution < -0.4 is 0 Å². The van der Waals surface area contributed by atoms with E-state index in [1.165, 1.54) is 23.9 Å². The molecule has 1 aromatic rings. The number of carbonyl (C=O) groups is 2. The number of rotatable bonds is 5. The third-order valence-corrected chi connectivity index (χ3v) is 4.45. The first-order valence-electron chi connectivity index (χ1n) is 6.70. The van der Waals surface area contributed by atoms with Gasteiger partial charge in [0.2, 0.25) is 5.91 Å². The molecule has 0 saturated carbocycles. The predicted molar refractivity (Wildman–Crippen MR) is 77.9 cm³/mol. The lowest BCUT2D eigenvalue weighted by atomic mass is 10.1. The van der Waals surface area contributed by atoms with Gasteiger partial charge in [-0.05, 0) is 30.0 Å². The zero-order chi connectivity index (χ0) is 14.5. The monoisotopic (exact) mass is 295 g/mol. The van der Waals surface area contributed by atoms with Crippen molar-refractivity contribution in [3.63, 3.8) is 0 Å². The summed E-state index contributed by atoms with van der Waals surface area (Å²) in [6, 6.07) is 6.37. The van der Waals surface area contributed by atoms with Gasteiger partial charge in [-0.1, -0.05) is 23.9 Å². The fraction of sp³-hybridized carbons (Fsp3) is 0.467. The Morgan fingerprint density at radius 3 is 2.75 bits per heavy atom. The number of amides is 1. The van der Waals surface area contributed by atoms with Crippen molar-refractivity contribution < 1.29 is 14.0 Å². The molecule has 0 aliphatic carbocycles. The summed E-state index contributed by atoms with van der Waals surface area (Å²) in [6.45, 7) is 2.93. The zero-order valence-electron chi connectivity index (χ0n) is 11.5. The van der Waals surface area contributed by atoms with Gasteiger partial charge in [0.25, 0.3) is 0 Å². The fourth-order valence-corrected chi connectivity index (χ4v) is 3.03. The molecule has 3 nitrogen and oxygen atoms in total. The van der Waals surface area contributed by atoms with Gasteiger partial charge in [0.05, 0.1) is 0 Å². The molecular formula is C15H18FNO2S. The van der Waals surface area contributed by atoms with Gasteiger partial charge in [-0.2, -0.15) is 0 Å². The van der Waals surface area contributed by atoms with E-state index in [4.69, 9.17) is 0 Å². The normalized spacial score (nSPS) is 18.6. The van der Waals surface area contributed by atoms with E-state index in [-0.39, 0.29) is 22.8 Å². The van der Waals surface area contributed by atoms with E-state index >= 15 is 0 Å². The Morgan fingerprint density at radius 1 is 1.40 bits per heavy atom. The lowest BCUT2D eigenvalue weighted by molar-refractivity contribution is -0.127. The maximum atomic E-state index is 12.8. The van der Waals surface area contributed by atoms with Gasteiger partial charge in [-0.3, -0.25) is 9.59 Å². The second-order valence-electron chi connectivity index (χ2n) is 5.09. The van der Waals surface area contributed by atoms with E-state index in [1.54, 1.807) is 19.1 Å². The van der Waals surface area contributed by atoms with Crippen LogP contribution in [0.2, 0.25) is 0 Å². The van der Waals surface area contributed by atoms with E-state index in [2.05, 4.69) is 0 Å². The first-order valence-corrected chi connectivity index (χ1v) is 7.68. The highest BCUT2D eigenvalue weighted by molar-refractivity contribution is 8.13. The van der Waals surface area contributed by atoms with Crippen LogP contribution in [0.3, 0.4) is 0 Å². The lowest BCUT2D eigenvalue weighted by Crippen LogP contribution is -2.27. The number of halogens is 1. The molecule has 1 amide bonds. The molecule has 0 spiro atoms. The van der Waals surface area contributed by atoms with Crippen LogP contribution in [-0.2, 0) is 16.0 Å². The van der Waals surface area contributed by atoms with Crippen LogP contribution >= 0.6 is 11.8 Å². The molecule has 0 N–H and O–H groups in total. The molecule has 0 aromatic heterocycles. The van der Waals surface area contributed by atoms with Crippen LogP contribution in [0.15, 0.2) is 24.3 Å². The van der Waals surface area contributed by atoms with Crippen molar-refractivity contribution in [1.29, 1.82) is 0 Å². The molecule has 0 bridgehead atoms. The summed E-state index contributed by atoms with van der Waals surface area (Å²) in [5, 5.41) is 0.0993. The van der Waals surface area contributed by atoms with E-state index in [1.807, 2.05) is 4.90 Å². The van der Waals surface area contributed by atoms with E-state index in [9.17, 15) is 14.0 Å². The predicted octanol–water partition coefficient (Wildman–Crippen LogP) is 2.50. The highest BCUT2D eigenvalue weighted by Crippen LogP contribution is 2.22. The van der Waals surface area contributed by atoms with Crippen LogP contribution in [0.1, 0.15) is 18.9 Å². The molecule has 1 heterocycles. The van der Waals surface area contributed by atoms with Gasteiger partial charge in [-0.15, -0.1) is 0 Å². The van der Waals surface area contributed by atoms with Gasteiger partial charge in [0, 0.05) is 32.2 Å². The first kappa shape index (κ1) is 15.0. The van der Waals surface area contributed by atoms with Crippen molar-refractivity contribution in [2.75, 3.05) is 18.8 Å². The quantitative estimate of drug-likeness (QED) is 0.837. The molecule has 1 fully saturated rings. The summed E-state index contributed by atoms with van der Waals surface area (Å²) in [4.78, 5) is 24.7. The minimum atomic E-state index is -0.243. The van der Waals surface area contributed by atoms with Crippen molar-refractivity contribution in [2.24, 2.45) is 5.92 Å². The average Bonchev–Trinajstić information content (AvgIpc) is 2.76. The Bertz CT molecular complexity index is 489. The molecule has 20 heavy (non-hydrogen) atoms. The molecule has 1 aromatic carbocycles. The number of hydrogen-bond donors (Lipinski definition) is 0. The van der Waals surface area contributed by atoms with Crippen LogP contribution in [-0.4, -0.2) is 34.8 Å². The molecule has 2 rings (SSSR count). The Labute approximate surface area is 122 Å². The van der Waals surface area contributed by atoms with Crippen molar-refractivity contribution in [2.45, 2.75) is 19.8 Å². The van der Waals surface area contributed by atoms with E-state index in [0.29, 0.717) is 18.7 Å². The van der Waals surface area contributed by atoms with Crippen LogP contribution in [0.25, 0.3) is 0 Å². The lowest BCUT2D eigenvalue weighted by Gasteiger charge is -2.16. The molecule has 1 atom stereocenters. The summed E-state index contributed by atoms with van der Waals surface area (Å²) < 4.78 is 12.8. The maximum absolute atomic E-state index is 12.8. The van der Waals surface area contributed by atoms with E-state index in [0.717, 1.165) is 18.5 Å². The van der Waals surface area contributed by atoms with Crippen molar-refractivity contribution in [3.8, 4) is 0 Å². The first-order chi connectivity index (χ1) is 9.54. The SMILES string of the molecule is CC(=O)SCC1CC(=O)N(CCc2ccc(F)cc2)C1. The molecule has 1 aliphatic rings. The zero-order valence-corrected chi connectivity index (χ0v) is 12.3. The number of benzene rings is 1. The topological polar surface area (TPSA) is 37.4 Å². The number of nitrogens with zero attached hydrogens (tertiary/aromatic N) is 1. The molecule has 1 unspecified atom stereocenters. The summed E-state index contributed by atoms with van der Waals surface area (Å²) >= 11 is 1.29. The Kier molecular flexibility index (Phi) is 5.17. The summed E-state index contributed by atoms with van der Waals surface area (Å²) in [5.74, 6) is 0.895. The van der Waals surface area contributed by atoms with Gasteiger partial charge in [0.1, 0.15) is 5.82 Å². The second-order valence-corrected chi connectivity index (χ2v) is 6.29. The van der Waals surface area contributed by atoms with Gasteiger partial charge in [-0.25, -0.2) is 4.39 Å². The molecule has 1 aliphatic heterocycles. The summed E-state index contributed by atoms with van der Waals surface area (Å²) in [6.07, 6.45) is 1.27. The number of likely N-dealkylation sites (tertiary alicyclic amines) is 1. The summed E-state index contributed by atoms with van der Waals surface area (Å²) in [7, 11) is 0. The number of hydrogen-bond acceptors (Lipinski definition) is 3. The number of carbonyl (C=O) groups excluding carboxylic acids is 2. The highest BCUT2D eigenvalue weighted by Gasteiger charge is 2.29. The van der Waals surface area contributed by atoms with Gasteiger partial charge in [0.15, 0.2) is 5.12 Å². The van der Waals surface area contributed by atoms with Crippen LogP contribution in [0, 0.1) is 11.7 Å². The van der Waals surface area contributed by atoms with Gasteiger partial charge < -0.3 is 4.90 Å².